The fraction of sp³-hybridized carbons (Fsp3) is 0.583. The molecule has 0 amide bonds. The van der Waals surface area contributed by atoms with Crippen molar-refractivity contribution in [3.05, 3.63) is 35.4 Å². The summed E-state index contributed by atoms with van der Waals surface area (Å²) in [4.78, 5) is 9.26. The number of aromatic nitrogens is 5. The lowest BCUT2D eigenvalue weighted by Gasteiger charge is -2.18. The molecule has 2 fully saturated rings. The summed E-state index contributed by atoms with van der Waals surface area (Å²) in [6.45, 7) is 1.37. The lowest BCUT2D eigenvalue weighted by atomic mass is 10.1. The van der Waals surface area contributed by atoms with Gasteiger partial charge in [0.2, 0.25) is 0 Å². The fourth-order valence-corrected chi connectivity index (χ4v) is 5.39. The van der Waals surface area contributed by atoms with Crippen molar-refractivity contribution in [3.63, 3.8) is 0 Å². The lowest BCUT2D eigenvalue weighted by molar-refractivity contribution is -0.0827. The number of fused-ring (bicyclic) bond motifs is 1. The number of aliphatic hydroxyl groups excluding tert-OH is 4. The summed E-state index contributed by atoms with van der Waals surface area (Å²) in [7, 11) is 0. The van der Waals surface area contributed by atoms with E-state index in [0.29, 0.717) is 34.1 Å². The maximum Gasteiger partial charge on any atom is 0.191 e. The van der Waals surface area contributed by atoms with Crippen LogP contribution in [0, 0.1) is 11.6 Å². The van der Waals surface area contributed by atoms with Crippen LogP contribution >= 0.6 is 11.8 Å². The van der Waals surface area contributed by atoms with Gasteiger partial charge in [-0.3, -0.25) is 0 Å². The minimum Gasteiger partial charge on any atom is -0.394 e. The molecule has 2 saturated carbocycles. The molecule has 0 saturated heterocycles. The van der Waals surface area contributed by atoms with E-state index in [1.54, 1.807) is 6.07 Å². The first-order valence-corrected chi connectivity index (χ1v) is 13.5. The zero-order valence-electron chi connectivity index (χ0n) is 20.6. The standard InChI is InChI=1S/C24H30F2N6O5S/c1-2-5-38-24-28-22(27-16-7-13(16)11-3-4-14(25)15(26)6-11)19-23(29-24)32(31-30-19)17-8-18(21(36)20(17)35)37-10-12(34)9-33/h3-4,6,12-13,16-18,20-21,33-36H,2,5,7-10H2,1H3,(H,27,28,29). The number of ether oxygens (including phenoxy) is 1. The van der Waals surface area contributed by atoms with E-state index in [4.69, 9.17) is 9.84 Å². The van der Waals surface area contributed by atoms with Crippen LogP contribution in [-0.2, 0) is 4.74 Å². The molecule has 11 nitrogen and oxygen atoms in total. The summed E-state index contributed by atoms with van der Waals surface area (Å²) >= 11 is 1.46. The molecule has 38 heavy (non-hydrogen) atoms. The molecule has 0 bridgehead atoms. The third kappa shape index (κ3) is 5.46. The van der Waals surface area contributed by atoms with Crippen LogP contribution in [0.2, 0.25) is 0 Å². The van der Waals surface area contributed by atoms with Gasteiger partial charge in [-0.15, -0.1) is 5.10 Å². The van der Waals surface area contributed by atoms with Crippen LogP contribution in [0.25, 0.3) is 11.2 Å². The maximum absolute atomic E-state index is 13.7. The van der Waals surface area contributed by atoms with Crippen LogP contribution < -0.4 is 5.32 Å². The molecule has 2 aromatic heterocycles. The predicted octanol–water partition coefficient (Wildman–Crippen LogP) is 1.37. The molecule has 2 aliphatic rings. The van der Waals surface area contributed by atoms with E-state index in [9.17, 15) is 24.1 Å². The number of nitrogens with zero attached hydrogens (tertiary/aromatic N) is 5. The topological polar surface area (TPSA) is 159 Å². The second kappa shape index (κ2) is 11.3. The highest BCUT2D eigenvalue weighted by Gasteiger charge is 2.45. The molecule has 7 unspecified atom stereocenters. The summed E-state index contributed by atoms with van der Waals surface area (Å²) in [6.07, 6.45) is -2.55. The van der Waals surface area contributed by atoms with Gasteiger partial charge in [-0.1, -0.05) is 30.0 Å². The molecule has 5 N–H and O–H groups in total. The first-order chi connectivity index (χ1) is 18.3. The number of halogens is 2. The van der Waals surface area contributed by atoms with Gasteiger partial charge >= 0.3 is 0 Å². The van der Waals surface area contributed by atoms with Gasteiger partial charge in [-0.05, 0) is 30.5 Å². The monoisotopic (exact) mass is 552 g/mol. The SMILES string of the molecule is CCCSc1nc(NC2CC2c2ccc(F)c(F)c2)c2nnn(C3CC(OCC(O)CO)C(O)C3O)c2n1. The molecule has 2 aliphatic carbocycles. The largest absolute Gasteiger partial charge is 0.394 e. The Kier molecular flexibility index (Phi) is 8.07. The first kappa shape index (κ1) is 27.1. The van der Waals surface area contributed by atoms with Gasteiger partial charge in [0.1, 0.15) is 18.3 Å². The van der Waals surface area contributed by atoms with Gasteiger partial charge in [0, 0.05) is 24.1 Å². The van der Waals surface area contributed by atoms with E-state index in [1.807, 2.05) is 6.92 Å². The second-order valence-electron chi connectivity index (χ2n) is 9.67. The van der Waals surface area contributed by atoms with E-state index in [-0.39, 0.29) is 25.0 Å². The van der Waals surface area contributed by atoms with Crippen LogP contribution in [0.4, 0.5) is 14.6 Å². The smallest absolute Gasteiger partial charge is 0.191 e. The number of hydrogen-bond acceptors (Lipinski definition) is 11. The number of anilines is 1. The first-order valence-electron chi connectivity index (χ1n) is 12.5. The number of thioether (sulfide) groups is 1. The van der Waals surface area contributed by atoms with Gasteiger partial charge in [-0.2, -0.15) is 0 Å². The highest BCUT2D eigenvalue weighted by atomic mass is 32.2. The van der Waals surface area contributed by atoms with Gasteiger partial charge in [0.15, 0.2) is 33.8 Å². The lowest BCUT2D eigenvalue weighted by Crippen LogP contribution is -2.34. The Morgan fingerprint density at radius 1 is 1.18 bits per heavy atom. The highest BCUT2D eigenvalue weighted by Crippen LogP contribution is 2.44. The van der Waals surface area contributed by atoms with Gasteiger partial charge in [-0.25, -0.2) is 23.4 Å². The summed E-state index contributed by atoms with van der Waals surface area (Å²) in [5.74, 6) is -0.564. The van der Waals surface area contributed by atoms with Crippen molar-refractivity contribution in [2.45, 2.75) is 73.8 Å². The van der Waals surface area contributed by atoms with Crippen LogP contribution in [0.5, 0.6) is 0 Å². The van der Waals surface area contributed by atoms with Crippen LogP contribution in [-0.4, -0.2) is 94.8 Å². The summed E-state index contributed by atoms with van der Waals surface area (Å²) in [5, 5.41) is 52.2. The molecular weight excluding hydrogens is 522 g/mol. The molecule has 1 aromatic carbocycles. The van der Waals surface area contributed by atoms with Crippen molar-refractivity contribution in [1.82, 2.24) is 25.0 Å². The van der Waals surface area contributed by atoms with Gasteiger partial charge in [0.25, 0.3) is 0 Å². The quantitative estimate of drug-likeness (QED) is 0.173. The third-order valence-electron chi connectivity index (χ3n) is 6.85. The minimum atomic E-state index is -1.23. The second-order valence-corrected chi connectivity index (χ2v) is 10.7. The molecule has 7 atom stereocenters. The van der Waals surface area contributed by atoms with Gasteiger partial charge in [0.05, 0.1) is 25.4 Å². The summed E-state index contributed by atoms with van der Waals surface area (Å²) in [6, 6.07) is 3.14. The van der Waals surface area contributed by atoms with Crippen molar-refractivity contribution in [2.75, 3.05) is 24.3 Å². The Hall–Kier alpha value is -2.49. The molecular formula is C24H30F2N6O5S. The van der Waals surface area contributed by atoms with E-state index in [2.05, 4.69) is 25.6 Å². The number of hydrogen-bond donors (Lipinski definition) is 5. The van der Waals surface area contributed by atoms with Crippen molar-refractivity contribution < 1.29 is 33.9 Å². The Labute approximate surface area is 221 Å². The zero-order chi connectivity index (χ0) is 27.0. The average molecular weight is 553 g/mol. The number of aliphatic hydroxyl groups is 4. The van der Waals surface area contributed by atoms with E-state index >= 15 is 0 Å². The normalized spacial score (nSPS) is 27.7. The molecule has 0 spiro atoms. The Morgan fingerprint density at radius 3 is 2.74 bits per heavy atom. The average Bonchev–Trinajstić information content (AvgIpc) is 3.46. The predicted molar refractivity (Wildman–Crippen MR) is 134 cm³/mol. The molecule has 3 aromatic rings. The van der Waals surface area contributed by atoms with Crippen molar-refractivity contribution in [3.8, 4) is 0 Å². The third-order valence-corrected chi connectivity index (χ3v) is 7.90. The van der Waals surface area contributed by atoms with Crippen LogP contribution in [0.15, 0.2) is 23.4 Å². The van der Waals surface area contributed by atoms with Gasteiger partial charge < -0.3 is 30.5 Å². The molecule has 0 aliphatic heterocycles. The molecule has 206 valence electrons. The Balaban J connectivity index is 1.40. The van der Waals surface area contributed by atoms with Crippen molar-refractivity contribution >= 4 is 28.7 Å². The number of benzene rings is 1. The zero-order valence-corrected chi connectivity index (χ0v) is 21.4. The van der Waals surface area contributed by atoms with Crippen LogP contribution in [0.3, 0.4) is 0 Å². The van der Waals surface area contributed by atoms with Crippen molar-refractivity contribution in [1.29, 1.82) is 0 Å². The number of nitrogens with one attached hydrogen (secondary N) is 1. The molecule has 5 rings (SSSR count). The minimum absolute atomic E-state index is 0.0177. The van der Waals surface area contributed by atoms with E-state index < -0.39 is 48.7 Å². The number of rotatable bonds is 11. The molecule has 14 heteroatoms. The maximum atomic E-state index is 13.7. The Bertz CT molecular complexity index is 1280. The summed E-state index contributed by atoms with van der Waals surface area (Å²) < 4.78 is 34.1. The van der Waals surface area contributed by atoms with Crippen LogP contribution in [0.1, 0.15) is 43.7 Å². The molecule has 2 heterocycles. The Morgan fingerprint density at radius 2 is 2.00 bits per heavy atom. The molecule has 0 radical (unpaired) electrons. The van der Waals surface area contributed by atoms with Crippen molar-refractivity contribution in [2.24, 2.45) is 0 Å². The van der Waals surface area contributed by atoms with E-state index in [0.717, 1.165) is 18.2 Å². The van der Waals surface area contributed by atoms with E-state index in [1.165, 1.54) is 22.5 Å². The highest BCUT2D eigenvalue weighted by molar-refractivity contribution is 7.99. The fourth-order valence-electron chi connectivity index (χ4n) is 4.70. The summed E-state index contributed by atoms with van der Waals surface area (Å²) in [5.41, 5.74) is 1.44.